The van der Waals surface area contributed by atoms with E-state index in [1.807, 2.05) is 0 Å². The number of nitrogens with zero attached hydrogens (tertiary/aromatic N) is 6. The summed E-state index contributed by atoms with van der Waals surface area (Å²) in [5, 5.41) is 14.8. The van der Waals surface area contributed by atoms with E-state index in [-0.39, 0.29) is 30.5 Å². The lowest BCUT2D eigenvalue weighted by molar-refractivity contribution is -0.755. The number of piperidine rings is 1. The summed E-state index contributed by atoms with van der Waals surface area (Å²) in [6, 6.07) is 12.5. The summed E-state index contributed by atoms with van der Waals surface area (Å²) in [5.74, 6) is -1.09. The molecule has 1 aliphatic rings. The van der Waals surface area contributed by atoms with Gasteiger partial charge in [-0.2, -0.15) is 9.58 Å². The molecule has 200 valence electrons. The first-order valence-electron chi connectivity index (χ1n) is 12.4. The van der Waals surface area contributed by atoms with E-state index in [9.17, 15) is 23.9 Å². The largest absolute Gasteiger partial charge is 0.465 e. The average Bonchev–Trinajstić information content (AvgIpc) is 3.34. The third-order valence-corrected chi connectivity index (χ3v) is 7.07. The van der Waals surface area contributed by atoms with Crippen molar-refractivity contribution in [2.45, 2.75) is 25.4 Å². The zero-order chi connectivity index (χ0) is 27.7. The number of aromatic nitrogens is 4. The Morgan fingerprint density at radius 3 is 2.62 bits per heavy atom. The lowest BCUT2D eigenvalue weighted by Gasteiger charge is -2.30. The van der Waals surface area contributed by atoms with Crippen molar-refractivity contribution in [1.82, 2.24) is 24.6 Å². The molecule has 39 heavy (non-hydrogen) atoms. The van der Waals surface area contributed by atoms with Crippen molar-refractivity contribution in [3.63, 3.8) is 0 Å². The molecule has 3 N–H and O–H groups in total. The van der Waals surface area contributed by atoms with Gasteiger partial charge in [-0.1, -0.05) is 36.4 Å². The van der Waals surface area contributed by atoms with Crippen LogP contribution in [-0.2, 0) is 11.3 Å². The van der Waals surface area contributed by atoms with Gasteiger partial charge in [0.2, 0.25) is 0 Å². The topological polar surface area (TPSA) is 144 Å². The van der Waals surface area contributed by atoms with E-state index in [1.165, 1.54) is 36.5 Å². The summed E-state index contributed by atoms with van der Waals surface area (Å²) in [5.41, 5.74) is 8.51. The summed E-state index contributed by atoms with van der Waals surface area (Å²) in [6.07, 6.45) is 2.31. The Bertz CT molecular complexity index is 1570. The average molecular weight is 533 g/mol. The number of benzene rings is 2. The van der Waals surface area contributed by atoms with E-state index >= 15 is 0 Å². The highest BCUT2D eigenvalue weighted by atomic mass is 19.1. The van der Waals surface area contributed by atoms with Crippen LogP contribution in [0.3, 0.4) is 0 Å². The second kappa shape index (κ2) is 10.2. The molecule has 2 aromatic carbocycles. The number of amides is 3. The molecule has 4 aromatic rings. The van der Waals surface area contributed by atoms with E-state index < -0.39 is 22.3 Å². The molecule has 0 bridgehead atoms. The minimum Gasteiger partial charge on any atom is -0.465 e. The molecule has 3 amide bonds. The summed E-state index contributed by atoms with van der Waals surface area (Å²) in [7, 11) is 1.44. The van der Waals surface area contributed by atoms with Crippen LogP contribution in [0.5, 0.6) is 0 Å². The predicted octanol–water partition coefficient (Wildman–Crippen LogP) is 3.47. The fourth-order valence-electron chi connectivity index (χ4n) is 4.99. The van der Waals surface area contributed by atoms with Crippen LogP contribution in [0, 0.1) is 5.82 Å². The number of imide groups is 1. The standard InChI is InChI=1S/C27H26FN7O4/c1-35(16-36,26(37)20-6-2-3-7-21(20)28)14-17-8-10-18(11-9-17)23-22-24(29)30-15-31-25(22)34(32-23)19-5-4-12-33(13-19)27(38)39/h2-3,6-11,15-16,19H,4-5,12-14H2,1H3,(H2-,29,30,31,32,38,39)/p+1/t19-,35?/m1/s1. The van der Waals surface area contributed by atoms with Crippen LogP contribution in [0.15, 0.2) is 54.9 Å². The SMILES string of the molecule is C[N+](C=O)(Cc1ccc(-c2nn([C@@H]3CCCN(C(=O)O)C3)c3ncnc(N)c23)cc1)C(=O)c1ccccc1F. The number of carboxylic acid groups (broad SMARTS) is 1. The molecule has 0 radical (unpaired) electrons. The maximum atomic E-state index is 14.2. The molecule has 3 heterocycles. The van der Waals surface area contributed by atoms with Crippen molar-refractivity contribution in [2.75, 3.05) is 25.9 Å². The number of carbonyl (C=O) groups is 3. The van der Waals surface area contributed by atoms with Gasteiger partial charge in [0.25, 0.3) is 0 Å². The van der Waals surface area contributed by atoms with Crippen molar-refractivity contribution in [3.05, 3.63) is 71.8 Å². The highest BCUT2D eigenvalue weighted by molar-refractivity contribution is 5.98. The van der Waals surface area contributed by atoms with Gasteiger partial charge in [0.15, 0.2) is 5.65 Å². The molecule has 12 heteroatoms. The maximum Gasteiger partial charge on any atom is 0.407 e. The number of halogens is 1. The zero-order valence-corrected chi connectivity index (χ0v) is 21.2. The second-order valence-electron chi connectivity index (χ2n) is 9.79. The molecule has 0 spiro atoms. The van der Waals surface area contributed by atoms with Crippen LogP contribution >= 0.6 is 0 Å². The smallest absolute Gasteiger partial charge is 0.407 e. The van der Waals surface area contributed by atoms with Crippen molar-refractivity contribution >= 4 is 35.3 Å². The van der Waals surface area contributed by atoms with Crippen LogP contribution in [0.25, 0.3) is 22.3 Å². The second-order valence-corrected chi connectivity index (χ2v) is 9.79. The molecular weight excluding hydrogens is 505 g/mol. The Balaban J connectivity index is 1.46. The van der Waals surface area contributed by atoms with E-state index in [0.29, 0.717) is 47.2 Å². The van der Waals surface area contributed by atoms with Crippen molar-refractivity contribution in [1.29, 1.82) is 0 Å². The van der Waals surface area contributed by atoms with Crippen molar-refractivity contribution in [3.8, 4) is 11.3 Å². The molecule has 2 aromatic heterocycles. The minimum atomic E-state index is -0.977. The number of rotatable bonds is 6. The quantitative estimate of drug-likeness (QED) is 0.284. The van der Waals surface area contributed by atoms with E-state index in [2.05, 4.69) is 9.97 Å². The predicted molar refractivity (Wildman–Crippen MR) is 140 cm³/mol. The first-order chi connectivity index (χ1) is 18.7. The molecule has 0 aliphatic carbocycles. The van der Waals surface area contributed by atoms with Gasteiger partial charge in [-0.05, 0) is 25.0 Å². The Morgan fingerprint density at radius 1 is 1.18 bits per heavy atom. The first kappa shape index (κ1) is 25.9. The third kappa shape index (κ3) is 4.81. The maximum absolute atomic E-state index is 14.2. The molecular formula is C27H27FN7O4+. The third-order valence-electron chi connectivity index (χ3n) is 7.07. The summed E-state index contributed by atoms with van der Waals surface area (Å²) >= 11 is 0. The number of hydrogen-bond acceptors (Lipinski definition) is 7. The summed E-state index contributed by atoms with van der Waals surface area (Å²) in [6.45, 7) is 0.769. The molecule has 1 saturated heterocycles. The van der Waals surface area contributed by atoms with Crippen LogP contribution in [-0.4, -0.2) is 72.8 Å². The minimum absolute atomic E-state index is 0.0183. The fourth-order valence-corrected chi connectivity index (χ4v) is 4.99. The van der Waals surface area contributed by atoms with Crippen molar-refractivity contribution in [2.24, 2.45) is 0 Å². The number of likely N-dealkylation sites (tertiary alicyclic amines) is 1. The van der Waals surface area contributed by atoms with E-state index in [1.54, 1.807) is 35.0 Å². The molecule has 5 rings (SSSR count). The number of hydrogen-bond donors (Lipinski definition) is 2. The van der Waals surface area contributed by atoms with Gasteiger partial charge in [0.1, 0.15) is 35.8 Å². The summed E-state index contributed by atoms with van der Waals surface area (Å²) in [4.78, 5) is 46.5. The Morgan fingerprint density at radius 2 is 1.92 bits per heavy atom. The number of anilines is 1. The van der Waals surface area contributed by atoms with E-state index in [4.69, 9.17) is 10.8 Å². The molecule has 1 aliphatic heterocycles. The number of nitrogens with two attached hydrogens (primary N) is 1. The molecule has 1 unspecified atom stereocenters. The molecule has 1 fully saturated rings. The van der Waals surface area contributed by atoms with Gasteiger partial charge < -0.3 is 15.7 Å². The van der Waals surface area contributed by atoms with Gasteiger partial charge >= 0.3 is 18.4 Å². The highest BCUT2D eigenvalue weighted by Gasteiger charge is 2.35. The van der Waals surface area contributed by atoms with Gasteiger partial charge in [-0.25, -0.2) is 33.4 Å². The lowest BCUT2D eigenvalue weighted by atomic mass is 10.1. The zero-order valence-electron chi connectivity index (χ0n) is 21.2. The number of carbonyl (C=O) groups excluding carboxylic acids is 2. The number of fused-ring (bicyclic) bond motifs is 1. The Kier molecular flexibility index (Phi) is 6.79. The monoisotopic (exact) mass is 532 g/mol. The van der Waals surface area contributed by atoms with Gasteiger partial charge in [-0.3, -0.25) is 0 Å². The first-order valence-corrected chi connectivity index (χ1v) is 12.4. The Labute approximate surface area is 222 Å². The fraction of sp³-hybridized carbons (Fsp3) is 0.259. The normalized spacial score (nSPS) is 17.1. The van der Waals surface area contributed by atoms with Crippen molar-refractivity contribution < 1.29 is 28.4 Å². The van der Waals surface area contributed by atoms with Gasteiger partial charge in [0.05, 0.1) is 18.5 Å². The van der Waals surface area contributed by atoms with E-state index in [0.717, 1.165) is 6.42 Å². The van der Waals surface area contributed by atoms with Crippen LogP contribution in [0.1, 0.15) is 34.8 Å². The van der Waals surface area contributed by atoms with Gasteiger partial charge in [0, 0.05) is 24.2 Å². The van der Waals surface area contributed by atoms with Crippen LogP contribution < -0.4 is 5.73 Å². The number of nitrogen functional groups attached to an aromatic ring is 1. The van der Waals surface area contributed by atoms with Crippen LogP contribution in [0.2, 0.25) is 0 Å². The van der Waals surface area contributed by atoms with Gasteiger partial charge in [-0.15, -0.1) is 0 Å². The number of quaternary nitrogens is 1. The van der Waals surface area contributed by atoms with Crippen LogP contribution in [0.4, 0.5) is 15.0 Å². The summed E-state index contributed by atoms with van der Waals surface area (Å²) < 4.78 is 15.3. The Hall–Kier alpha value is -4.71. The lowest BCUT2D eigenvalue weighted by Crippen LogP contribution is -2.47. The highest BCUT2D eigenvalue weighted by Crippen LogP contribution is 2.34. The molecule has 11 nitrogen and oxygen atoms in total. The molecule has 2 atom stereocenters. The molecule has 0 saturated carbocycles.